The Morgan fingerprint density at radius 3 is 1.44 bits per heavy atom. The molecule has 0 saturated carbocycles. The summed E-state index contributed by atoms with van der Waals surface area (Å²) in [5.74, 6) is -0.380. The molecule has 1 aliphatic rings. The molecule has 5 rings (SSSR count). The molecule has 0 radical (unpaired) electrons. The van der Waals surface area contributed by atoms with Crippen LogP contribution in [-0.2, 0) is 54.9 Å². The molecule has 0 aromatic heterocycles. The molecular formula is C38H43NO6. The number of ether oxygens (including phenoxy) is 5. The first-order chi connectivity index (χ1) is 22.1. The molecule has 45 heavy (non-hydrogen) atoms. The molecule has 5 atom stereocenters. The molecule has 1 aliphatic heterocycles. The number of amides is 1. The molecule has 0 unspecified atom stereocenters. The zero-order valence-corrected chi connectivity index (χ0v) is 26.0. The number of rotatable bonds is 15. The molecule has 1 saturated heterocycles. The second-order valence-electron chi connectivity index (χ2n) is 11.5. The van der Waals surface area contributed by atoms with Gasteiger partial charge >= 0.3 is 0 Å². The van der Waals surface area contributed by atoms with Gasteiger partial charge in [0.25, 0.3) is 0 Å². The van der Waals surface area contributed by atoms with Crippen molar-refractivity contribution in [1.29, 1.82) is 0 Å². The minimum absolute atomic E-state index is 0.136. The Morgan fingerprint density at radius 2 is 1.00 bits per heavy atom. The first-order valence-electron chi connectivity index (χ1n) is 15.6. The molecule has 1 fully saturated rings. The molecule has 1 heterocycles. The number of carbonyl (C=O) groups is 1. The Labute approximate surface area is 266 Å². The lowest BCUT2D eigenvalue weighted by molar-refractivity contribution is -0.277. The lowest BCUT2D eigenvalue weighted by atomic mass is 9.96. The van der Waals surface area contributed by atoms with E-state index in [1.165, 1.54) is 0 Å². The van der Waals surface area contributed by atoms with E-state index < -0.39 is 30.6 Å². The van der Waals surface area contributed by atoms with Crippen molar-refractivity contribution in [2.24, 2.45) is 5.92 Å². The van der Waals surface area contributed by atoms with Crippen LogP contribution >= 0.6 is 0 Å². The minimum atomic E-state index is -0.786. The average molecular weight is 610 g/mol. The first kappa shape index (κ1) is 32.5. The van der Waals surface area contributed by atoms with Crippen molar-refractivity contribution in [3.05, 3.63) is 144 Å². The van der Waals surface area contributed by atoms with Gasteiger partial charge in [-0.25, -0.2) is 0 Å². The summed E-state index contributed by atoms with van der Waals surface area (Å²) in [5.41, 5.74) is 4.11. The van der Waals surface area contributed by atoms with Crippen LogP contribution in [0.1, 0.15) is 36.1 Å². The van der Waals surface area contributed by atoms with Crippen LogP contribution in [0.25, 0.3) is 0 Å². The summed E-state index contributed by atoms with van der Waals surface area (Å²) in [4.78, 5) is 13.1. The van der Waals surface area contributed by atoms with Crippen molar-refractivity contribution in [2.75, 3.05) is 6.61 Å². The van der Waals surface area contributed by atoms with Crippen LogP contribution in [0.4, 0.5) is 0 Å². The highest BCUT2D eigenvalue weighted by Crippen LogP contribution is 2.30. The third-order valence-electron chi connectivity index (χ3n) is 7.69. The molecule has 1 N–H and O–H groups in total. The van der Waals surface area contributed by atoms with E-state index in [4.69, 9.17) is 23.7 Å². The van der Waals surface area contributed by atoms with Crippen LogP contribution in [0, 0.1) is 5.92 Å². The van der Waals surface area contributed by atoms with Crippen LogP contribution in [0.2, 0.25) is 0 Å². The van der Waals surface area contributed by atoms with Crippen LogP contribution < -0.4 is 5.32 Å². The van der Waals surface area contributed by atoms with Crippen molar-refractivity contribution < 1.29 is 28.5 Å². The van der Waals surface area contributed by atoms with Crippen LogP contribution in [0.3, 0.4) is 0 Å². The third-order valence-corrected chi connectivity index (χ3v) is 7.69. The van der Waals surface area contributed by atoms with E-state index in [9.17, 15) is 4.79 Å². The Balaban J connectivity index is 1.45. The summed E-state index contributed by atoms with van der Waals surface area (Å²) in [6, 6.07) is 40.0. The molecule has 1 amide bonds. The first-order valence-corrected chi connectivity index (χ1v) is 15.6. The number of hydrogen-bond acceptors (Lipinski definition) is 6. The zero-order valence-electron chi connectivity index (χ0n) is 26.0. The van der Waals surface area contributed by atoms with E-state index in [0.29, 0.717) is 26.4 Å². The average Bonchev–Trinajstić information content (AvgIpc) is 3.08. The second kappa shape index (κ2) is 17.0. The standard InChI is InChI=1S/C38H43NO6/c1-28(2)37(40)39-38-36(44-26-32-21-13-6-14-22-32)35(43-25-31-19-11-5-12-20-31)34(42-24-30-17-9-4-10-18-30)33(45-38)27-41-23-29-15-7-3-8-16-29/h3-22,28,33-36,38H,23-27H2,1-2H3,(H,39,40)/t33-,34-,35+,36-,38+/m1/s1. The molecule has 7 nitrogen and oxygen atoms in total. The Hall–Kier alpha value is -3.85. The van der Waals surface area contributed by atoms with E-state index >= 15 is 0 Å². The predicted octanol–water partition coefficient (Wildman–Crippen LogP) is 6.46. The summed E-state index contributed by atoms with van der Waals surface area (Å²) in [5, 5.41) is 3.09. The van der Waals surface area contributed by atoms with Crippen molar-refractivity contribution in [3.8, 4) is 0 Å². The molecule has 0 spiro atoms. The van der Waals surface area contributed by atoms with Gasteiger partial charge in [-0.2, -0.15) is 0 Å². The van der Waals surface area contributed by atoms with Gasteiger partial charge in [0, 0.05) is 5.92 Å². The van der Waals surface area contributed by atoms with Gasteiger partial charge in [-0.05, 0) is 22.3 Å². The second-order valence-corrected chi connectivity index (χ2v) is 11.5. The van der Waals surface area contributed by atoms with Gasteiger partial charge in [0.15, 0.2) is 6.23 Å². The van der Waals surface area contributed by atoms with Gasteiger partial charge in [0.05, 0.1) is 33.0 Å². The highest BCUT2D eigenvalue weighted by molar-refractivity contribution is 5.78. The summed E-state index contributed by atoms with van der Waals surface area (Å²) >= 11 is 0. The van der Waals surface area contributed by atoms with E-state index in [-0.39, 0.29) is 18.4 Å². The van der Waals surface area contributed by atoms with E-state index in [1.54, 1.807) is 0 Å². The smallest absolute Gasteiger partial charge is 0.224 e. The number of carbonyl (C=O) groups excluding carboxylic acids is 1. The van der Waals surface area contributed by atoms with Crippen LogP contribution in [-0.4, -0.2) is 43.2 Å². The number of nitrogens with one attached hydrogen (secondary N) is 1. The fourth-order valence-corrected chi connectivity index (χ4v) is 5.21. The Kier molecular flexibility index (Phi) is 12.3. The van der Waals surface area contributed by atoms with E-state index in [0.717, 1.165) is 22.3 Å². The maximum Gasteiger partial charge on any atom is 0.224 e. The highest BCUT2D eigenvalue weighted by atomic mass is 16.6. The third kappa shape index (κ3) is 9.82. The highest BCUT2D eigenvalue weighted by Gasteiger charge is 2.49. The zero-order chi connectivity index (χ0) is 31.3. The van der Waals surface area contributed by atoms with Crippen molar-refractivity contribution in [1.82, 2.24) is 5.32 Å². The molecule has 236 valence electrons. The normalized spacial score (nSPS) is 21.4. The lowest BCUT2D eigenvalue weighted by Gasteiger charge is -2.46. The largest absolute Gasteiger partial charge is 0.374 e. The summed E-state index contributed by atoms with van der Waals surface area (Å²) in [6.07, 6.45) is -3.15. The van der Waals surface area contributed by atoms with Gasteiger partial charge in [0.1, 0.15) is 24.4 Å². The van der Waals surface area contributed by atoms with Gasteiger partial charge in [-0.15, -0.1) is 0 Å². The Bertz CT molecular complexity index is 1400. The summed E-state index contributed by atoms with van der Waals surface area (Å²) < 4.78 is 32.8. The van der Waals surface area contributed by atoms with Gasteiger partial charge in [-0.1, -0.05) is 135 Å². The van der Waals surface area contributed by atoms with E-state index in [2.05, 4.69) is 5.32 Å². The summed E-state index contributed by atoms with van der Waals surface area (Å²) in [7, 11) is 0. The molecule has 4 aromatic rings. The maximum absolute atomic E-state index is 13.1. The molecule has 4 aromatic carbocycles. The van der Waals surface area contributed by atoms with Crippen molar-refractivity contribution in [3.63, 3.8) is 0 Å². The van der Waals surface area contributed by atoms with E-state index in [1.807, 2.05) is 135 Å². The van der Waals surface area contributed by atoms with Crippen LogP contribution in [0.5, 0.6) is 0 Å². The van der Waals surface area contributed by atoms with Gasteiger partial charge in [-0.3, -0.25) is 4.79 Å². The van der Waals surface area contributed by atoms with Gasteiger partial charge < -0.3 is 29.0 Å². The van der Waals surface area contributed by atoms with Crippen molar-refractivity contribution in [2.45, 2.75) is 70.9 Å². The monoisotopic (exact) mass is 609 g/mol. The number of hydrogen-bond donors (Lipinski definition) is 1. The van der Waals surface area contributed by atoms with Crippen molar-refractivity contribution >= 4 is 5.91 Å². The Morgan fingerprint density at radius 1 is 0.600 bits per heavy atom. The fourth-order valence-electron chi connectivity index (χ4n) is 5.21. The van der Waals surface area contributed by atoms with Gasteiger partial charge in [0.2, 0.25) is 5.91 Å². The lowest BCUT2D eigenvalue weighted by Crippen LogP contribution is -2.65. The molecule has 0 bridgehead atoms. The molecule has 0 aliphatic carbocycles. The van der Waals surface area contributed by atoms with Crippen LogP contribution in [0.15, 0.2) is 121 Å². The minimum Gasteiger partial charge on any atom is -0.374 e. The molecular weight excluding hydrogens is 566 g/mol. The number of benzene rings is 4. The topological polar surface area (TPSA) is 75.3 Å². The summed E-state index contributed by atoms with van der Waals surface area (Å²) in [6.45, 7) is 5.36. The SMILES string of the molecule is CC(C)C(=O)N[C@H]1O[C@H](COCc2ccccc2)[C@@H](OCc2ccccc2)[C@H](OCc2ccccc2)[C@H]1OCc1ccccc1. The fraction of sp³-hybridized carbons (Fsp3) is 0.342. The maximum atomic E-state index is 13.1. The predicted molar refractivity (Wildman–Crippen MR) is 173 cm³/mol. The quantitative estimate of drug-likeness (QED) is 0.167. The molecule has 7 heteroatoms.